The van der Waals surface area contributed by atoms with Gasteiger partial charge in [0.25, 0.3) is 0 Å². The Labute approximate surface area is 151 Å². The van der Waals surface area contributed by atoms with Gasteiger partial charge < -0.3 is 15.0 Å². The van der Waals surface area contributed by atoms with E-state index in [0.717, 1.165) is 31.6 Å². The lowest BCUT2D eigenvalue weighted by Crippen LogP contribution is -2.41. The smallest absolute Gasteiger partial charge is 0.123 e. The molecule has 3 nitrogen and oxygen atoms in total. The minimum absolute atomic E-state index is 0. The van der Waals surface area contributed by atoms with Gasteiger partial charge in [0, 0.05) is 19.2 Å². The lowest BCUT2D eigenvalue weighted by molar-refractivity contribution is 0.116. The number of halogens is 3. The number of piperidine rings is 1. The molecule has 0 aromatic heterocycles. The van der Waals surface area contributed by atoms with Crippen LogP contribution in [0.25, 0.3) is 0 Å². The number of nitrogens with one attached hydrogen (secondary N) is 1. The minimum atomic E-state index is -0.169. The summed E-state index contributed by atoms with van der Waals surface area (Å²) in [6, 6.07) is 7.44. The average Bonchev–Trinajstić information content (AvgIpc) is 2.51. The molecule has 0 saturated carbocycles. The van der Waals surface area contributed by atoms with Crippen LogP contribution in [-0.2, 0) is 11.2 Å². The summed E-state index contributed by atoms with van der Waals surface area (Å²) in [6.07, 6.45) is 4.35. The Hall–Kier alpha value is -0.390. The third-order valence-corrected chi connectivity index (χ3v) is 4.18. The number of ether oxygens (including phenoxy) is 1. The summed E-state index contributed by atoms with van der Waals surface area (Å²) >= 11 is 0. The number of benzene rings is 1. The normalized spacial score (nSPS) is 15.7. The van der Waals surface area contributed by atoms with Crippen LogP contribution in [0.4, 0.5) is 4.39 Å². The van der Waals surface area contributed by atoms with Crippen LogP contribution < -0.4 is 5.32 Å². The van der Waals surface area contributed by atoms with E-state index in [1.54, 1.807) is 12.1 Å². The molecule has 1 aromatic carbocycles. The van der Waals surface area contributed by atoms with Gasteiger partial charge in [-0.05, 0) is 63.5 Å². The standard InChI is InChI=1S/C17H27FN2O.2ClH/c1-19-17-6-10-20(11-7-17)9-3-12-21-13-8-15-4-2-5-16(18)14-15;;/h2,4-5,14,17,19H,3,6-13H2,1H3;2*1H. The molecule has 0 unspecified atom stereocenters. The second-order valence-corrected chi connectivity index (χ2v) is 5.75. The molecule has 1 N–H and O–H groups in total. The molecule has 0 radical (unpaired) electrons. The largest absolute Gasteiger partial charge is 0.381 e. The number of hydrogen-bond acceptors (Lipinski definition) is 3. The van der Waals surface area contributed by atoms with Crippen LogP contribution in [0.2, 0.25) is 0 Å². The zero-order valence-electron chi connectivity index (χ0n) is 13.8. The van der Waals surface area contributed by atoms with Crippen LogP contribution in [0, 0.1) is 5.82 Å². The first-order chi connectivity index (χ1) is 10.3. The van der Waals surface area contributed by atoms with Gasteiger partial charge in [-0.25, -0.2) is 4.39 Å². The summed E-state index contributed by atoms with van der Waals surface area (Å²) in [5, 5.41) is 3.35. The van der Waals surface area contributed by atoms with Gasteiger partial charge in [0.1, 0.15) is 5.82 Å². The number of nitrogens with zero attached hydrogens (tertiary/aromatic N) is 1. The molecule has 1 heterocycles. The molecule has 1 aliphatic heterocycles. The molecule has 134 valence electrons. The Morgan fingerprint density at radius 1 is 1.22 bits per heavy atom. The maximum atomic E-state index is 13.0. The molecule has 2 rings (SSSR count). The van der Waals surface area contributed by atoms with Crippen LogP contribution in [0.3, 0.4) is 0 Å². The fourth-order valence-corrected chi connectivity index (χ4v) is 2.82. The van der Waals surface area contributed by atoms with Crippen LogP contribution in [0.1, 0.15) is 24.8 Å². The van der Waals surface area contributed by atoms with E-state index in [4.69, 9.17) is 4.74 Å². The van der Waals surface area contributed by atoms with E-state index < -0.39 is 0 Å². The summed E-state index contributed by atoms with van der Waals surface area (Å²) in [6.45, 7) is 4.96. The Morgan fingerprint density at radius 3 is 2.61 bits per heavy atom. The van der Waals surface area contributed by atoms with Gasteiger partial charge in [-0.2, -0.15) is 0 Å². The van der Waals surface area contributed by atoms with E-state index in [1.165, 1.54) is 32.0 Å². The first-order valence-corrected chi connectivity index (χ1v) is 8.00. The molecule has 0 aliphatic carbocycles. The minimum Gasteiger partial charge on any atom is -0.381 e. The maximum Gasteiger partial charge on any atom is 0.123 e. The Bertz CT molecular complexity index is 415. The molecule has 0 spiro atoms. The molecule has 1 aromatic rings. The van der Waals surface area contributed by atoms with E-state index in [1.807, 2.05) is 13.1 Å². The molecule has 6 heteroatoms. The summed E-state index contributed by atoms with van der Waals surface area (Å²) in [5.41, 5.74) is 1.00. The molecular formula is C17H29Cl2FN2O. The van der Waals surface area contributed by atoms with E-state index in [-0.39, 0.29) is 30.6 Å². The van der Waals surface area contributed by atoms with Crippen molar-refractivity contribution in [3.63, 3.8) is 0 Å². The molecule has 0 amide bonds. The molecule has 23 heavy (non-hydrogen) atoms. The molecule has 1 saturated heterocycles. The Morgan fingerprint density at radius 2 is 1.96 bits per heavy atom. The van der Waals surface area contributed by atoms with Gasteiger partial charge >= 0.3 is 0 Å². The van der Waals surface area contributed by atoms with Crippen LogP contribution >= 0.6 is 24.8 Å². The van der Waals surface area contributed by atoms with Gasteiger partial charge in [-0.3, -0.25) is 0 Å². The highest BCUT2D eigenvalue weighted by Crippen LogP contribution is 2.10. The second-order valence-electron chi connectivity index (χ2n) is 5.75. The fourth-order valence-electron chi connectivity index (χ4n) is 2.82. The topological polar surface area (TPSA) is 24.5 Å². The highest BCUT2D eigenvalue weighted by Gasteiger charge is 2.16. The first kappa shape index (κ1) is 22.6. The maximum absolute atomic E-state index is 13.0. The third-order valence-electron chi connectivity index (χ3n) is 4.18. The van der Waals surface area contributed by atoms with Gasteiger partial charge in [0.2, 0.25) is 0 Å². The monoisotopic (exact) mass is 366 g/mol. The van der Waals surface area contributed by atoms with Crippen LogP contribution in [-0.4, -0.2) is 50.8 Å². The Balaban J connectivity index is 0.00000242. The van der Waals surface area contributed by atoms with E-state index in [9.17, 15) is 4.39 Å². The summed E-state index contributed by atoms with van der Waals surface area (Å²) in [5.74, 6) is -0.169. The predicted octanol–water partition coefficient (Wildman–Crippen LogP) is 3.30. The van der Waals surface area contributed by atoms with E-state index in [2.05, 4.69) is 10.2 Å². The van der Waals surface area contributed by atoms with Crippen molar-refractivity contribution in [1.29, 1.82) is 0 Å². The molecule has 1 fully saturated rings. The summed E-state index contributed by atoms with van der Waals surface area (Å²) in [4.78, 5) is 2.52. The van der Waals surface area contributed by atoms with E-state index in [0.29, 0.717) is 12.6 Å². The van der Waals surface area contributed by atoms with Crippen molar-refractivity contribution < 1.29 is 9.13 Å². The summed E-state index contributed by atoms with van der Waals surface area (Å²) in [7, 11) is 2.05. The second kappa shape index (κ2) is 13.0. The Kier molecular flexibility index (Phi) is 12.7. The van der Waals surface area contributed by atoms with Crippen molar-refractivity contribution in [3.05, 3.63) is 35.6 Å². The predicted molar refractivity (Wildman–Crippen MR) is 98.6 cm³/mol. The lowest BCUT2D eigenvalue weighted by Gasteiger charge is -2.31. The van der Waals surface area contributed by atoms with Crippen molar-refractivity contribution in [1.82, 2.24) is 10.2 Å². The number of likely N-dealkylation sites (tertiary alicyclic amines) is 1. The number of hydrogen-bond donors (Lipinski definition) is 1. The van der Waals surface area contributed by atoms with Crippen LogP contribution in [0.15, 0.2) is 24.3 Å². The lowest BCUT2D eigenvalue weighted by atomic mass is 10.1. The first-order valence-electron chi connectivity index (χ1n) is 8.00. The molecule has 0 bridgehead atoms. The average molecular weight is 367 g/mol. The van der Waals surface area contributed by atoms with Crippen molar-refractivity contribution in [2.24, 2.45) is 0 Å². The van der Waals surface area contributed by atoms with Gasteiger partial charge in [-0.15, -0.1) is 24.8 Å². The third kappa shape index (κ3) is 8.87. The quantitative estimate of drug-likeness (QED) is 0.714. The molecule has 0 atom stereocenters. The van der Waals surface area contributed by atoms with Gasteiger partial charge in [0.15, 0.2) is 0 Å². The summed E-state index contributed by atoms with van der Waals surface area (Å²) < 4.78 is 18.7. The van der Waals surface area contributed by atoms with Crippen molar-refractivity contribution >= 4 is 24.8 Å². The van der Waals surface area contributed by atoms with Gasteiger partial charge in [0.05, 0.1) is 6.61 Å². The number of rotatable bonds is 8. The van der Waals surface area contributed by atoms with Crippen molar-refractivity contribution in [3.8, 4) is 0 Å². The zero-order chi connectivity index (χ0) is 14.9. The van der Waals surface area contributed by atoms with E-state index >= 15 is 0 Å². The fraction of sp³-hybridized carbons (Fsp3) is 0.647. The van der Waals surface area contributed by atoms with Crippen molar-refractivity contribution in [2.45, 2.75) is 31.7 Å². The highest BCUT2D eigenvalue weighted by molar-refractivity contribution is 5.85. The molecule has 1 aliphatic rings. The SMILES string of the molecule is CNC1CCN(CCCOCCc2cccc(F)c2)CC1.Cl.Cl. The van der Waals surface area contributed by atoms with Gasteiger partial charge in [-0.1, -0.05) is 12.1 Å². The zero-order valence-corrected chi connectivity index (χ0v) is 15.4. The van der Waals surface area contributed by atoms with Crippen molar-refractivity contribution in [2.75, 3.05) is 39.9 Å². The molecular weight excluding hydrogens is 338 g/mol. The van der Waals surface area contributed by atoms with Crippen LogP contribution in [0.5, 0.6) is 0 Å². The highest BCUT2D eigenvalue weighted by atomic mass is 35.5.